The van der Waals surface area contributed by atoms with E-state index in [2.05, 4.69) is 0 Å². The minimum absolute atomic E-state index is 0.142. The number of ether oxygens (including phenoxy) is 6. The van der Waals surface area contributed by atoms with Crippen LogP contribution in [0, 0.1) is 0 Å². The molecule has 7 heteroatoms. The number of fused-ring (bicyclic) bond motifs is 2. The standard InChI is InChI=1S/C14H24O7/c1-16-12-11-10(9(15)8-19-12)20-13(17-2)6-4-5-7-14(13,18-3)21-11/h9-12,15H,4-8H2,1-3H3/t9-,10-,11+,12-,13+,14+/m0/s1. The van der Waals surface area contributed by atoms with Crippen LogP contribution in [0.1, 0.15) is 25.7 Å². The summed E-state index contributed by atoms with van der Waals surface area (Å²) < 4.78 is 34.6. The second-order valence-corrected chi connectivity index (χ2v) is 5.79. The summed E-state index contributed by atoms with van der Waals surface area (Å²) in [5.41, 5.74) is 0. The van der Waals surface area contributed by atoms with E-state index >= 15 is 0 Å². The summed E-state index contributed by atoms with van der Waals surface area (Å²) in [4.78, 5) is 0. The molecule has 0 aromatic rings. The quantitative estimate of drug-likeness (QED) is 0.808. The van der Waals surface area contributed by atoms with Crippen LogP contribution in [0.2, 0.25) is 0 Å². The van der Waals surface area contributed by atoms with Gasteiger partial charge in [0, 0.05) is 34.2 Å². The number of methoxy groups -OCH3 is 3. The third-order valence-corrected chi connectivity index (χ3v) is 4.79. The van der Waals surface area contributed by atoms with Crippen molar-refractivity contribution in [3.63, 3.8) is 0 Å². The van der Waals surface area contributed by atoms with Crippen LogP contribution in [-0.4, -0.2) is 69.2 Å². The molecule has 1 saturated carbocycles. The lowest BCUT2D eigenvalue weighted by molar-refractivity contribution is -0.495. The molecular weight excluding hydrogens is 280 g/mol. The van der Waals surface area contributed by atoms with Crippen LogP contribution >= 0.6 is 0 Å². The van der Waals surface area contributed by atoms with Crippen LogP contribution in [0.15, 0.2) is 0 Å². The van der Waals surface area contributed by atoms with Gasteiger partial charge >= 0.3 is 0 Å². The Morgan fingerprint density at radius 2 is 1.52 bits per heavy atom. The average Bonchev–Trinajstić information content (AvgIpc) is 2.53. The first kappa shape index (κ1) is 15.6. The van der Waals surface area contributed by atoms with E-state index < -0.39 is 36.2 Å². The number of aliphatic hydroxyl groups is 1. The van der Waals surface area contributed by atoms with Crippen LogP contribution in [-0.2, 0) is 28.4 Å². The van der Waals surface area contributed by atoms with Gasteiger partial charge in [0.2, 0.25) is 11.6 Å². The van der Waals surface area contributed by atoms with Crippen molar-refractivity contribution < 1.29 is 33.5 Å². The van der Waals surface area contributed by atoms with Gasteiger partial charge in [-0.15, -0.1) is 0 Å². The summed E-state index contributed by atoms with van der Waals surface area (Å²) in [6.45, 7) is 0.142. The van der Waals surface area contributed by atoms with E-state index in [1.807, 2.05) is 0 Å². The first-order valence-electron chi connectivity index (χ1n) is 7.40. The van der Waals surface area contributed by atoms with Gasteiger partial charge in [0.15, 0.2) is 6.29 Å². The molecule has 7 nitrogen and oxygen atoms in total. The van der Waals surface area contributed by atoms with Gasteiger partial charge in [0.25, 0.3) is 0 Å². The Hall–Kier alpha value is -0.280. The monoisotopic (exact) mass is 304 g/mol. The smallest absolute Gasteiger partial charge is 0.223 e. The van der Waals surface area contributed by atoms with Gasteiger partial charge in [0.1, 0.15) is 18.3 Å². The minimum Gasteiger partial charge on any atom is -0.388 e. The van der Waals surface area contributed by atoms with Crippen molar-refractivity contribution in [2.45, 2.75) is 61.9 Å². The Balaban J connectivity index is 1.95. The van der Waals surface area contributed by atoms with E-state index in [1.54, 1.807) is 21.3 Å². The molecule has 3 aliphatic rings. The van der Waals surface area contributed by atoms with Gasteiger partial charge in [-0.1, -0.05) is 0 Å². The molecule has 6 atom stereocenters. The van der Waals surface area contributed by atoms with Gasteiger partial charge in [-0.2, -0.15) is 0 Å². The van der Waals surface area contributed by atoms with Crippen molar-refractivity contribution in [3.8, 4) is 0 Å². The molecule has 1 N–H and O–H groups in total. The van der Waals surface area contributed by atoms with Gasteiger partial charge in [-0.05, 0) is 12.8 Å². The second-order valence-electron chi connectivity index (χ2n) is 5.79. The minimum atomic E-state index is -1.00. The Bertz CT molecular complexity index is 378. The molecule has 0 radical (unpaired) electrons. The first-order valence-corrected chi connectivity index (χ1v) is 7.40. The number of aliphatic hydroxyl groups excluding tert-OH is 1. The third-order valence-electron chi connectivity index (χ3n) is 4.79. The van der Waals surface area contributed by atoms with Crippen LogP contribution in [0.5, 0.6) is 0 Å². The molecule has 0 amide bonds. The fraction of sp³-hybridized carbons (Fsp3) is 1.00. The molecule has 0 aromatic carbocycles. The zero-order valence-corrected chi connectivity index (χ0v) is 12.7. The maximum absolute atomic E-state index is 10.2. The molecule has 2 saturated heterocycles. The lowest BCUT2D eigenvalue weighted by Crippen LogP contribution is -2.74. The number of rotatable bonds is 3. The molecule has 1 aliphatic carbocycles. The highest BCUT2D eigenvalue weighted by molar-refractivity contribution is 5.02. The van der Waals surface area contributed by atoms with E-state index in [4.69, 9.17) is 28.4 Å². The van der Waals surface area contributed by atoms with Crippen molar-refractivity contribution in [1.82, 2.24) is 0 Å². The Kier molecular flexibility index (Phi) is 4.26. The summed E-state index contributed by atoms with van der Waals surface area (Å²) in [7, 11) is 4.72. The van der Waals surface area contributed by atoms with E-state index in [-0.39, 0.29) is 6.61 Å². The highest BCUT2D eigenvalue weighted by atomic mass is 16.8. The van der Waals surface area contributed by atoms with E-state index in [9.17, 15) is 5.11 Å². The molecule has 3 rings (SSSR count). The first-order chi connectivity index (χ1) is 10.1. The van der Waals surface area contributed by atoms with E-state index in [0.717, 1.165) is 12.8 Å². The molecule has 2 aliphatic heterocycles. The summed E-state index contributed by atoms with van der Waals surface area (Å²) in [6, 6.07) is 0. The lowest BCUT2D eigenvalue weighted by atomic mass is 9.84. The predicted molar refractivity (Wildman–Crippen MR) is 70.4 cm³/mol. The molecule has 0 spiro atoms. The summed E-state index contributed by atoms with van der Waals surface area (Å²) in [5, 5.41) is 10.2. The van der Waals surface area contributed by atoms with Crippen molar-refractivity contribution in [3.05, 3.63) is 0 Å². The van der Waals surface area contributed by atoms with Crippen LogP contribution in [0.4, 0.5) is 0 Å². The SMILES string of the molecule is CO[C@H]1OC[C@H](O)[C@@H]2O[C@]3(OC)CCCC[C@@]3(OC)O[C@@H]12. The molecular formula is C14H24O7. The Morgan fingerprint density at radius 3 is 2.05 bits per heavy atom. The molecule has 3 fully saturated rings. The Labute approximate surface area is 124 Å². The normalized spacial score (nSPS) is 50.3. The summed E-state index contributed by atoms with van der Waals surface area (Å²) in [5.74, 6) is -2.00. The number of hydrogen-bond donors (Lipinski definition) is 1. The van der Waals surface area contributed by atoms with Crippen molar-refractivity contribution >= 4 is 0 Å². The maximum Gasteiger partial charge on any atom is 0.223 e. The zero-order valence-electron chi connectivity index (χ0n) is 12.7. The molecule has 0 unspecified atom stereocenters. The van der Waals surface area contributed by atoms with Crippen molar-refractivity contribution in [2.75, 3.05) is 27.9 Å². The van der Waals surface area contributed by atoms with E-state index in [1.165, 1.54) is 0 Å². The average molecular weight is 304 g/mol. The van der Waals surface area contributed by atoms with Crippen molar-refractivity contribution in [2.24, 2.45) is 0 Å². The molecule has 2 heterocycles. The zero-order chi connectivity index (χ0) is 15.1. The summed E-state index contributed by atoms with van der Waals surface area (Å²) in [6.07, 6.45) is 0.733. The van der Waals surface area contributed by atoms with Crippen LogP contribution < -0.4 is 0 Å². The highest BCUT2D eigenvalue weighted by Gasteiger charge is 2.65. The van der Waals surface area contributed by atoms with Gasteiger partial charge < -0.3 is 33.5 Å². The van der Waals surface area contributed by atoms with E-state index in [0.29, 0.717) is 12.8 Å². The topological polar surface area (TPSA) is 75.6 Å². The molecule has 122 valence electrons. The Morgan fingerprint density at radius 1 is 0.952 bits per heavy atom. The number of hydrogen-bond acceptors (Lipinski definition) is 7. The second kappa shape index (κ2) is 5.73. The van der Waals surface area contributed by atoms with Gasteiger partial charge in [-0.3, -0.25) is 0 Å². The molecule has 21 heavy (non-hydrogen) atoms. The molecule has 0 bridgehead atoms. The highest BCUT2D eigenvalue weighted by Crippen LogP contribution is 2.50. The van der Waals surface area contributed by atoms with Crippen LogP contribution in [0.3, 0.4) is 0 Å². The third kappa shape index (κ3) is 2.23. The predicted octanol–water partition coefficient (Wildman–Crippen LogP) is 0.393. The summed E-state index contributed by atoms with van der Waals surface area (Å²) >= 11 is 0. The fourth-order valence-corrected chi connectivity index (χ4v) is 3.67. The lowest BCUT2D eigenvalue weighted by Gasteiger charge is -2.59. The fourth-order valence-electron chi connectivity index (χ4n) is 3.67. The maximum atomic E-state index is 10.2. The van der Waals surface area contributed by atoms with Gasteiger partial charge in [0.05, 0.1) is 6.61 Å². The molecule has 0 aromatic heterocycles. The largest absolute Gasteiger partial charge is 0.388 e. The van der Waals surface area contributed by atoms with Crippen LogP contribution in [0.25, 0.3) is 0 Å². The van der Waals surface area contributed by atoms with Crippen molar-refractivity contribution in [1.29, 1.82) is 0 Å². The van der Waals surface area contributed by atoms with Gasteiger partial charge in [-0.25, -0.2) is 0 Å².